The zero-order valence-electron chi connectivity index (χ0n) is 18.2. The molecule has 0 unspecified atom stereocenters. The number of fused-ring (bicyclic) bond motifs is 1. The Bertz CT molecular complexity index is 1190. The van der Waals surface area contributed by atoms with E-state index in [1.165, 1.54) is 21.1 Å². The van der Waals surface area contributed by atoms with E-state index < -0.39 is 40.3 Å². The van der Waals surface area contributed by atoms with Crippen LogP contribution < -0.4 is 16.0 Å². The molecule has 0 bridgehead atoms. The topological polar surface area (TPSA) is 143 Å². The molecule has 4 N–H and O–H groups in total. The third kappa shape index (κ3) is 5.00. The Labute approximate surface area is 190 Å². The second kappa shape index (κ2) is 8.85. The molecule has 13 heteroatoms. The molecule has 10 nitrogen and oxygen atoms in total. The highest BCUT2D eigenvalue weighted by Gasteiger charge is 2.40. The van der Waals surface area contributed by atoms with Crippen molar-refractivity contribution >= 4 is 27.2 Å². The van der Waals surface area contributed by atoms with Crippen LogP contribution >= 0.6 is 0 Å². The Morgan fingerprint density at radius 3 is 2.61 bits per heavy atom. The van der Waals surface area contributed by atoms with Crippen molar-refractivity contribution in [3.8, 4) is 0 Å². The van der Waals surface area contributed by atoms with Crippen LogP contribution in [-0.4, -0.2) is 63.5 Å². The summed E-state index contributed by atoms with van der Waals surface area (Å²) < 4.78 is 51.7. The highest BCUT2D eigenvalue weighted by atomic mass is 32.2. The van der Waals surface area contributed by atoms with Gasteiger partial charge in [-0.2, -0.15) is 17.7 Å². The summed E-state index contributed by atoms with van der Waals surface area (Å²) in [5.74, 6) is 0.240. The van der Waals surface area contributed by atoms with Crippen LogP contribution in [0.5, 0.6) is 0 Å². The van der Waals surface area contributed by atoms with Gasteiger partial charge in [0.1, 0.15) is 5.65 Å². The molecule has 1 saturated heterocycles. The predicted molar refractivity (Wildman–Crippen MR) is 118 cm³/mol. The summed E-state index contributed by atoms with van der Waals surface area (Å²) in [6, 6.07) is 0.692. The van der Waals surface area contributed by atoms with Crippen molar-refractivity contribution in [2.75, 3.05) is 18.4 Å². The highest BCUT2D eigenvalue weighted by molar-refractivity contribution is 7.86. The second-order valence-corrected chi connectivity index (χ2v) is 10.6. The fourth-order valence-electron chi connectivity index (χ4n) is 4.82. The zero-order valence-corrected chi connectivity index (χ0v) is 19.1. The Kier molecular flexibility index (Phi) is 6.42. The molecular formula is C20H28F2N6O4S. The van der Waals surface area contributed by atoms with Gasteiger partial charge in [-0.3, -0.25) is 9.36 Å². The molecule has 2 aromatic rings. The van der Waals surface area contributed by atoms with E-state index in [9.17, 15) is 27.1 Å². The minimum atomic E-state index is -3.74. The number of nitrogens with two attached hydrogens (primary N) is 1. The maximum Gasteiger partial charge on any atom is 0.276 e. The number of halogens is 2. The van der Waals surface area contributed by atoms with Crippen molar-refractivity contribution < 1.29 is 22.3 Å². The SMILES string of the molecule is C[C@@]1(O)CCC[C@H]1n1c(=O)c(CC(F)F)cc2cnc(NC3CCN(S(N)(=O)=O)CC3)nc21. The van der Waals surface area contributed by atoms with Gasteiger partial charge in [0.05, 0.1) is 11.6 Å². The Morgan fingerprint density at radius 1 is 1.33 bits per heavy atom. The van der Waals surface area contributed by atoms with Crippen LogP contribution in [0.15, 0.2) is 17.1 Å². The molecule has 2 fully saturated rings. The summed E-state index contributed by atoms with van der Waals surface area (Å²) in [6.07, 6.45) is 0.805. The number of nitrogens with zero attached hydrogens (tertiary/aromatic N) is 4. The molecule has 0 aromatic carbocycles. The van der Waals surface area contributed by atoms with E-state index in [0.29, 0.717) is 37.5 Å². The van der Waals surface area contributed by atoms with Crippen LogP contribution in [0.4, 0.5) is 14.7 Å². The van der Waals surface area contributed by atoms with Gasteiger partial charge in [-0.1, -0.05) is 0 Å². The predicted octanol–water partition coefficient (Wildman–Crippen LogP) is 1.15. The van der Waals surface area contributed by atoms with Gasteiger partial charge in [0.2, 0.25) is 12.4 Å². The first-order valence-corrected chi connectivity index (χ1v) is 12.4. The van der Waals surface area contributed by atoms with Crippen LogP contribution in [0.1, 0.15) is 50.6 Å². The number of hydrogen-bond acceptors (Lipinski definition) is 7. The van der Waals surface area contributed by atoms with Crippen molar-refractivity contribution in [2.45, 2.75) is 69.6 Å². The first kappa shape index (κ1) is 23.9. The lowest BCUT2D eigenvalue weighted by atomic mass is 9.99. The number of anilines is 1. The normalized spacial score (nSPS) is 25.2. The van der Waals surface area contributed by atoms with Gasteiger partial charge in [-0.05, 0) is 45.1 Å². The number of rotatable bonds is 6. The summed E-state index contributed by atoms with van der Waals surface area (Å²) in [5, 5.41) is 19.6. The Morgan fingerprint density at radius 2 is 2.03 bits per heavy atom. The lowest BCUT2D eigenvalue weighted by Crippen LogP contribution is -2.45. The van der Waals surface area contributed by atoms with E-state index in [1.807, 2.05) is 0 Å². The molecule has 4 rings (SSSR count). The van der Waals surface area contributed by atoms with E-state index in [-0.39, 0.29) is 36.3 Å². The van der Waals surface area contributed by atoms with Gasteiger partial charge < -0.3 is 10.4 Å². The monoisotopic (exact) mass is 486 g/mol. The average molecular weight is 487 g/mol. The lowest BCUT2D eigenvalue weighted by Gasteiger charge is -2.30. The first-order valence-electron chi connectivity index (χ1n) is 10.9. The van der Waals surface area contributed by atoms with Crippen LogP contribution in [-0.2, 0) is 16.6 Å². The van der Waals surface area contributed by atoms with E-state index in [2.05, 4.69) is 15.3 Å². The highest BCUT2D eigenvalue weighted by Crippen LogP contribution is 2.39. The van der Waals surface area contributed by atoms with E-state index >= 15 is 0 Å². The molecule has 0 spiro atoms. The number of aromatic nitrogens is 3. The van der Waals surface area contributed by atoms with Crippen molar-refractivity contribution in [1.29, 1.82) is 0 Å². The molecule has 2 aromatic heterocycles. The Balaban J connectivity index is 1.69. The second-order valence-electron chi connectivity index (χ2n) is 9.04. The summed E-state index contributed by atoms with van der Waals surface area (Å²) in [5.41, 5.74) is -1.52. The van der Waals surface area contributed by atoms with Gasteiger partial charge in [0.15, 0.2) is 0 Å². The summed E-state index contributed by atoms with van der Waals surface area (Å²) >= 11 is 0. The third-order valence-corrected chi connectivity index (χ3v) is 7.64. The summed E-state index contributed by atoms with van der Waals surface area (Å²) in [6.45, 7) is 2.16. The van der Waals surface area contributed by atoms with Crippen molar-refractivity contribution in [3.63, 3.8) is 0 Å². The quantitative estimate of drug-likeness (QED) is 0.556. The Hall–Kier alpha value is -2.22. The van der Waals surface area contributed by atoms with E-state index in [4.69, 9.17) is 5.14 Å². The van der Waals surface area contributed by atoms with Crippen molar-refractivity contribution in [2.24, 2.45) is 5.14 Å². The van der Waals surface area contributed by atoms with Gasteiger partial charge in [-0.15, -0.1) is 0 Å². The molecular weight excluding hydrogens is 458 g/mol. The summed E-state index contributed by atoms with van der Waals surface area (Å²) in [7, 11) is -3.74. The average Bonchev–Trinajstić information content (AvgIpc) is 3.07. The lowest BCUT2D eigenvalue weighted by molar-refractivity contribution is 0.0265. The van der Waals surface area contributed by atoms with Crippen LogP contribution in [0.25, 0.3) is 11.0 Å². The molecule has 0 radical (unpaired) electrons. The fourth-order valence-corrected chi connectivity index (χ4v) is 5.54. The molecule has 2 atom stereocenters. The van der Waals surface area contributed by atoms with E-state index in [1.54, 1.807) is 6.92 Å². The molecule has 1 saturated carbocycles. The van der Waals surface area contributed by atoms with Crippen LogP contribution in [0.3, 0.4) is 0 Å². The fraction of sp³-hybridized carbons (Fsp3) is 0.650. The van der Waals surface area contributed by atoms with Crippen molar-refractivity contribution in [3.05, 3.63) is 28.2 Å². The number of piperidine rings is 1. The van der Waals surface area contributed by atoms with Gasteiger partial charge in [-0.25, -0.2) is 18.9 Å². The third-order valence-electron chi connectivity index (χ3n) is 6.56. The number of nitrogens with one attached hydrogen (secondary N) is 1. The molecule has 0 amide bonds. The minimum absolute atomic E-state index is 0.0418. The van der Waals surface area contributed by atoms with Crippen LogP contribution in [0.2, 0.25) is 0 Å². The largest absolute Gasteiger partial charge is 0.388 e. The van der Waals surface area contributed by atoms with Crippen LogP contribution in [0, 0.1) is 0 Å². The number of aliphatic hydroxyl groups is 1. The van der Waals surface area contributed by atoms with Gasteiger partial charge in [0.25, 0.3) is 15.8 Å². The van der Waals surface area contributed by atoms with Gasteiger partial charge in [0, 0.05) is 42.7 Å². The molecule has 33 heavy (non-hydrogen) atoms. The molecule has 1 aliphatic heterocycles. The number of alkyl halides is 2. The molecule has 2 aliphatic rings. The number of hydrogen-bond donors (Lipinski definition) is 3. The number of pyridine rings is 1. The molecule has 182 valence electrons. The zero-order chi connectivity index (χ0) is 24.0. The summed E-state index contributed by atoms with van der Waals surface area (Å²) in [4.78, 5) is 22.0. The molecule has 1 aliphatic carbocycles. The minimum Gasteiger partial charge on any atom is -0.388 e. The van der Waals surface area contributed by atoms with Crippen molar-refractivity contribution in [1.82, 2.24) is 18.8 Å². The van der Waals surface area contributed by atoms with E-state index in [0.717, 1.165) is 0 Å². The first-order chi connectivity index (χ1) is 15.5. The maximum absolute atomic E-state index is 13.2. The maximum atomic E-state index is 13.2. The van der Waals surface area contributed by atoms with Gasteiger partial charge >= 0.3 is 0 Å². The molecule has 3 heterocycles. The smallest absolute Gasteiger partial charge is 0.276 e. The standard InChI is InChI=1S/C20H28F2N6O4S/c1-20(30)6-2-3-15(20)28-17-13(9-12(18(28)29)10-16(21)22)11-24-19(26-17)25-14-4-7-27(8-5-14)33(23,31)32/h9,11,14-16,30H,2-8,10H2,1H3,(H2,23,31,32)(H,24,25,26)/t15-,20-/m1/s1.